The highest BCUT2D eigenvalue weighted by Gasteiger charge is 2.16. The third-order valence-corrected chi connectivity index (χ3v) is 5.29. The largest absolute Gasteiger partial charge is 0.493 e. The van der Waals surface area contributed by atoms with Gasteiger partial charge in [-0.2, -0.15) is 0 Å². The van der Waals surface area contributed by atoms with Crippen LogP contribution in [0.5, 0.6) is 11.5 Å². The average molecular weight is 474 g/mol. The van der Waals surface area contributed by atoms with Gasteiger partial charge in [-0.1, -0.05) is 15.9 Å². The maximum atomic E-state index is 12.2. The number of hydrazine groups is 1. The van der Waals surface area contributed by atoms with E-state index in [1.165, 1.54) is 38.5 Å². The van der Waals surface area contributed by atoms with Crippen LogP contribution in [-0.4, -0.2) is 33.7 Å². The van der Waals surface area contributed by atoms with Crippen LogP contribution < -0.4 is 25.0 Å². The summed E-state index contributed by atoms with van der Waals surface area (Å²) in [7, 11) is -0.922. The number of thiocarbonyl (C=S) groups is 1. The number of methoxy groups -OCH3 is 2. The lowest BCUT2D eigenvalue weighted by atomic mass is 10.2. The van der Waals surface area contributed by atoms with Crippen LogP contribution in [0.1, 0.15) is 10.4 Å². The number of hydrogen-bond donors (Lipinski definition) is 3. The monoisotopic (exact) mass is 473 g/mol. The fraction of sp³-hybridized carbons (Fsp3) is 0.125. The Hall–Kier alpha value is -2.21. The van der Waals surface area contributed by atoms with Crippen LogP contribution in [0.25, 0.3) is 0 Å². The zero-order valence-electron chi connectivity index (χ0n) is 14.3. The topological polar surface area (TPSA) is 106 Å². The molecule has 0 aliphatic rings. The molecule has 8 nitrogen and oxygen atoms in total. The van der Waals surface area contributed by atoms with E-state index in [1.807, 2.05) is 0 Å². The van der Waals surface area contributed by atoms with E-state index in [0.717, 1.165) is 4.47 Å². The van der Waals surface area contributed by atoms with E-state index in [-0.39, 0.29) is 15.6 Å². The third-order valence-electron chi connectivity index (χ3n) is 3.30. The van der Waals surface area contributed by atoms with Crippen LogP contribution in [0.2, 0.25) is 0 Å². The number of hydrogen-bond acceptors (Lipinski definition) is 6. The van der Waals surface area contributed by atoms with Crippen LogP contribution >= 0.6 is 28.1 Å². The Morgan fingerprint density at radius 1 is 1.04 bits per heavy atom. The Kier molecular flexibility index (Phi) is 7.13. The summed E-state index contributed by atoms with van der Waals surface area (Å²) >= 11 is 8.17. The molecule has 2 rings (SSSR count). The van der Waals surface area contributed by atoms with Crippen LogP contribution in [0.15, 0.2) is 51.8 Å². The normalized spacial score (nSPS) is 10.8. The lowest BCUT2D eigenvalue weighted by Gasteiger charge is -2.12. The van der Waals surface area contributed by atoms with Gasteiger partial charge in [-0.25, -0.2) is 8.42 Å². The second kappa shape index (κ2) is 9.13. The van der Waals surface area contributed by atoms with Crippen LogP contribution in [0.3, 0.4) is 0 Å². The zero-order chi connectivity index (χ0) is 20.0. The van der Waals surface area contributed by atoms with Gasteiger partial charge in [0.2, 0.25) is 0 Å². The quantitative estimate of drug-likeness (QED) is 0.434. The molecule has 0 unspecified atom stereocenters. The maximum Gasteiger partial charge on any atom is 0.257 e. The number of ether oxygens (including phenoxy) is 2. The molecule has 0 saturated heterocycles. The van der Waals surface area contributed by atoms with E-state index in [4.69, 9.17) is 21.7 Å². The molecule has 0 fully saturated rings. The number of halogens is 1. The minimum atomic E-state index is -3.85. The summed E-state index contributed by atoms with van der Waals surface area (Å²) in [6, 6.07) is 10.6. The van der Waals surface area contributed by atoms with Gasteiger partial charge in [0.05, 0.1) is 19.1 Å². The summed E-state index contributed by atoms with van der Waals surface area (Å²) in [6.07, 6.45) is 0. The summed E-state index contributed by atoms with van der Waals surface area (Å²) in [6.45, 7) is 0. The van der Waals surface area contributed by atoms with Crippen molar-refractivity contribution in [2.24, 2.45) is 0 Å². The standard InChI is InChI=1S/C16H16BrN3O5S2/c1-24-13-8-3-10(9-14(13)25-2)15(21)18-16(26)19-20-27(22,23)12-6-4-11(17)5-7-12/h3-9,20H,1-2H3,(H2,18,19,21,26). The zero-order valence-corrected chi connectivity index (χ0v) is 17.5. The average Bonchev–Trinajstić information content (AvgIpc) is 2.66. The van der Waals surface area contributed by atoms with Gasteiger partial charge in [0.15, 0.2) is 16.6 Å². The molecular formula is C16H16BrN3O5S2. The molecule has 0 aliphatic heterocycles. The maximum absolute atomic E-state index is 12.2. The van der Waals surface area contributed by atoms with E-state index >= 15 is 0 Å². The number of carbonyl (C=O) groups is 1. The summed E-state index contributed by atoms with van der Waals surface area (Å²) in [5.74, 6) is 0.299. The predicted molar refractivity (Wildman–Crippen MR) is 107 cm³/mol. The van der Waals surface area contributed by atoms with Gasteiger partial charge in [0.1, 0.15) is 0 Å². The van der Waals surface area contributed by atoms with E-state index in [9.17, 15) is 13.2 Å². The first-order valence-electron chi connectivity index (χ1n) is 7.37. The first-order valence-corrected chi connectivity index (χ1v) is 10.1. The fourth-order valence-electron chi connectivity index (χ4n) is 1.97. The number of nitrogens with one attached hydrogen (secondary N) is 3. The number of sulfonamides is 1. The summed E-state index contributed by atoms with van der Waals surface area (Å²) in [4.78, 5) is 14.4. The van der Waals surface area contributed by atoms with Crippen molar-refractivity contribution in [2.45, 2.75) is 4.90 Å². The molecule has 0 aliphatic carbocycles. The Balaban J connectivity index is 1.99. The summed E-state index contributed by atoms with van der Waals surface area (Å²) in [5, 5.41) is 2.16. The molecule has 0 saturated carbocycles. The number of carbonyl (C=O) groups excluding carboxylic acids is 1. The minimum absolute atomic E-state index is 0.0345. The van der Waals surface area contributed by atoms with Crippen molar-refractivity contribution in [1.29, 1.82) is 0 Å². The molecule has 3 N–H and O–H groups in total. The molecule has 0 radical (unpaired) electrons. The third kappa shape index (κ3) is 5.63. The van der Waals surface area contributed by atoms with Crippen molar-refractivity contribution >= 4 is 49.2 Å². The Labute approximate surface area is 170 Å². The highest BCUT2D eigenvalue weighted by atomic mass is 79.9. The lowest BCUT2D eigenvalue weighted by molar-refractivity contribution is 0.0976. The van der Waals surface area contributed by atoms with Gasteiger partial charge < -0.3 is 9.47 Å². The van der Waals surface area contributed by atoms with E-state index in [0.29, 0.717) is 11.5 Å². The van der Waals surface area contributed by atoms with Crippen molar-refractivity contribution < 1.29 is 22.7 Å². The van der Waals surface area contributed by atoms with Crippen molar-refractivity contribution in [3.05, 3.63) is 52.5 Å². The van der Waals surface area contributed by atoms with E-state index < -0.39 is 15.9 Å². The van der Waals surface area contributed by atoms with E-state index in [1.54, 1.807) is 18.2 Å². The van der Waals surface area contributed by atoms with Crippen LogP contribution in [0.4, 0.5) is 0 Å². The SMILES string of the molecule is COc1ccc(C(=O)NC(=S)NNS(=O)(=O)c2ccc(Br)cc2)cc1OC. The molecule has 2 aromatic carbocycles. The predicted octanol–water partition coefficient (Wildman–Crippen LogP) is 1.96. The van der Waals surface area contributed by atoms with Gasteiger partial charge in [-0.3, -0.25) is 15.5 Å². The molecule has 0 aromatic heterocycles. The summed E-state index contributed by atoms with van der Waals surface area (Å²) in [5.41, 5.74) is 2.54. The van der Waals surface area contributed by atoms with Crippen molar-refractivity contribution in [3.8, 4) is 11.5 Å². The molecule has 144 valence electrons. The van der Waals surface area contributed by atoms with Gasteiger partial charge in [-0.05, 0) is 54.7 Å². The molecule has 0 spiro atoms. The number of rotatable bonds is 6. The van der Waals surface area contributed by atoms with Crippen molar-refractivity contribution in [2.75, 3.05) is 14.2 Å². The molecule has 0 atom stereocenters. The van der Waals surface area contributed by atoms with Gasteiger partial charge in [0.25, 0.3) is 15.9 Å². The van der Waals surface area contributed by atoms with Crippen molar-refractivity contribution in [1.82, 2.24) is 15.6 Å². The highest BCUT2D eigenvalue weighted by Crippen LogP contribution is 2.27. The number of amides is 1. The van der Waals surface area contributed by atoms with Gasteiger partial charge in [-0.15, -0.1) is 4.83 Å². The Morgan fingerprint density at radius 2 is 1.67 bits per heavy atom. The van der Waals surface area contributed by atoms with Gasteiger partial charge >= 0.3 is 0 Å². The lowest BCUT2D eigenvalue weighted by Crippen LogP contribution is -2.48. The summed E-state index contributed by atoms with van der Waals surface area (Å²) < 4.78 is 35.3. The minimum Gasteiger partial charge on any atom is -0.493 e. The Morgan fingerprint density at radius 3 is 2.26 bits per heavy atom. The molecule has 27 heavy (non-hydrogen) atoms. The van der Waals surface area contributed by atoms with Gasteiger partial charge in [0, 0.05) is 10.0 Å². The number of benzene rings is 2. The van der Waals surface area contributed by atoms with Crippen molar-refractivity contribution in [3.63, 3.8) is 0 Å². The molecular weight excluding hydrogens is 458 g/mol. The fourth-order valence-corrected chi connectivity index (χ4v) is 3.29. The second-order valence-corrected chi connectivity index (χ2v) is 8.04. The smallest absolute Gasteiger partial charge is 0.257 e. The molecule has 11 heteroatoms. The first-order chi connectivity index (χ1) is 12.8. The van der Waals surface area contributed by atoms with Crippen LogP contribution in [-0.2, 0) is 10.0 Å². The van der Waals surface area contributed by atoms with Crippen LogP contribution in [0, 0.1) is 0 Å². The Bertz CT molecular complexity index is 949. The second-order valence-electron chi connectivity index (χ2n) is 5.04. The molecule has 2 aromatic rings. The molecule has 0 heterocycles. The highest BCUT2D eigenvalue weighted by molar-refractivity contribution is 9.10. The van der Waals surface area contributed by atoms with E-state index in [2.05, 4.69) is 31.5 Å². The molecule has 1 amide bonds. The molecule has 0 bridgehead atoms. The first kappa shape index (κ1) is 21.1.